The van der Waals surface area contributed by atoms with E-state index in [4.69, 9.17) is 0 Å². The van der Waals surface area contributed by atoms with Gasteiger partial charge in [0.15, 0.2) is 0 Å². The van der Waals surface area contributed by atoms with Gasteiger partial charge in [0.1, 0.15) is 5.82 Å². The summed E-state index contributed by atoms with van der Waals surface area (Å²) in [5.41, 5.74) is 2.21. The number of aromatic nitrogens is 2. The van der Waals surface area contributed by atoms with Crippen LogP contribution in [-0.2, 0) is 6.42 Å². The second-order valence-electron chi connectivity index (χ2n) is 3.99. The predicted octanol–water partition coefficient (Wildman–Crippen LogP) is 3.28. The maximum absolute atomic E-state index is 4.56. The number of nitrogens with zero attached hydrogens (tertiary/aromatic N) is 1. The molecule has 1 fully saturated rings. The molecule has 0 amide bonds. The molecule has 3 heteroatoms. The first-order valence-electron chi connectivity index (χ1n) is 4.95. The average Bonchev–Trinajstić information content (AvgIpc) is 2.84. The lowest BCUT2D eigenvalue weighted by Crippen LogP contribution is -1.88. The molecule has 3 rings (SSSR count). The van der Waals surface area contributed by atoms with Gasteiger partial charge >= 0.3 is 0 Å². The molecule has 72 valence electrons. The van der Waals surface area contributed by atoms with Gasteiger partial charge in [0.2, 0.25) is 0 Å². The summed E-state index contributed by atoms with van der Waals surface area (Å²) < 4.78 is 1.10. The summed E-state index contributed by atoms with van der Waals surface area (Å²) in [5.74, 6) is 2.03. The number of rotatable bonds is 2. The molecular formula is C11H11BrN2. The summed E-state index contributed by atoms with van der Waals surface area (Å²) in [6, 6.07) is 6.16. The minimum absolute atomic E-state index is 0.888. The van der Waals surface area contributed by atoms with Crippen molar-refractivity contribution in [2.45, 2.75) is 19.3 Å². The van der Waals surface area contributed by atoms with Crippen LogP contribution in [0.3, 0.4) is 0 Å². The van der Waals surface area contributed by atoms with Crippen molar-refractivity contribution in [3.63, 3.8) is 0 Å². The number of hydrogen-bond acceptors (Lipinski definition) is 1. The summed E-state index contributed by atoms with van der Waals surface area (Å²) in [6.45, 7) is 0. The third-order valence-corrected chi connectivity index (χ3v) is 3.17. The molecule has 14 heavy (non-hydrogen) atoms. The first-order valence-corrected chi connectivity index (χ1v) is 5.75. The Labute approximate surface area is 90.9 Å². The third kappa shape index (κ3) is 1.57. The Balaban J connectivity index is 2.01. The fourth-order valence-electron chi connectivity index (χ4n) is 1.73. The van der Waals surface area contributed by atoms with Crippen LogP contribution in [-0.4, -0.2) is 9.97 Å². The second kappa shape index (κ2) is 3.09. The van der Waals surface area contributed by atoms with E-state index in [1.54, 1.807) is 0 Å². The van der Waals surface area contributed by atoms with Crippen LogP contribution in [0.15, 0.2) is 22.7 Å². The van der Waals surface area contributed by atoms with Crippen LogP contribution in [0.4, 0.5) is 0 Å². The van der Waals surface area contributed by atoms with Crippen LogP contribution in [0.2, 0.25) is 0 Å². The van der Waals surface area contributed by atoms with E-state index in [1.165, 1.54) is 12.8 Å². The van der Waals surface area contributed by atoms with Crippen molar-refractivity contribution >= 4 is 27.0 Å². The van der Waals surface area contributed by atoms with Gasteiger partial charge in [-0.3, -0.25) is 0 Å². The summed E-state index contributed by atoms with van der Waals surface area (Å²) >= 11 is 3.46. The molecule has 0 atom stereocenters. The zero-order valence-corrected chi connectivity index (χ0v) is 9.34. The highest BCUT2D eigenvalue weighted by Gasteiger charge is 2.22. The van der Waals surface area contributed by atoms with Gasteiger partial charge in [-0.2, -0.15) is 0 Å². The van der Waals surface area contributed by atoms with Crippen molar-refractivity contribution in [2.24, 2.45) is 5.92 Å². The van der Waals surface area contributed by atoms with Gasteiger partial charge in [-0.1, -0.05) is 15.9 Å². The Morgan fingerprint density at radius 2 is 2.29 bits per heavy atom. The molecule has 1 aromatic heterocycles. The minimum Gasteiger partial charge on any atom is -0.342 e. The SMILES string of the molecule is Brc1ccc2nc(CC3CC3)[nH]c2c1. The minimum atomic E-state index is 0.888. The smallest absolute Gasteiger partial charge is 0.107 e. The number of hydrogen-bond donors (Lipinski definition) is 1. The largest absolute Gasteiger partial charge is 0.342 e. The lowest BCUT2D eigenvalue weighted by molar-refractivity contribution is 0.787. The van der Waals surface area contributed by atoms with E-state index in [0.717, 1.165) is 33.7 Å². The van der Waals surface area contributed by atoms with E-state index in [0.29, 0.717) is 0 Å². The summed E-state index contributed by atoms with van der Waals surface area (Å²) in [7, 11) is 0. The van der Waals surface area contributed by atoms with Gasteiger partial charge in [-0.15, -0.1) is 0 Å². The maximum Gasteiger partial charge on any atom is 0.107 e. The summed E-state index contributed by atoms with van der Waals surface area (Å²) in [5, 5.41) is 0. The van der Waals surface area contributed by atoms with Crippen LogP contribution in [0, 0.1) is 5.92 Å². The standard InChI is InChI=1S/C11H11BrN2/c12-8-3-4-9-10(6-8)14-11(13-9)5-7-1-2-7/h3-4,6-7H,1-2,5H2,(H,13,14). The number of halogens is 1. The molecule has 0 saturated heterocycles. The molecule has 1 saturated carbocycles. The Bertz CT molecular complexity index is 471. The quantitative estimate of drug-likeness (QED) is 0.871. The molecule has 0 bridgehead atoms. The highest BCUT2D eigenvalue weighted by Crippen LogP contribution is 2.32. The highest BCUT2D eigenvalue weighted by atomic mass is 79.9. The van der Waals surface area contributed by atoms with Gasteiger partial charge in [0.25, 0.3) is 0 Å². The predicted molar refractivity (Wildman–Crippen MR) is 60.2 cm³/mol. The second-order valence-corrected chi connectivity index (χ2v) is 4.91. The van der Waals surface area contributed by atoms with E-state index in [-0.39, 0.29) is 0 Å². The lowest BCUT2D eigenvalue weighted by atomic mass is 10.3. The van der Waals surface area contributed by atoms with Crippen molar-refractivity contribution < 1.29 is 0 Å². The Morgan fingerprint density at radius 1 is 1.43 bits per heavy atom. The molecule has 2 aromatic rings. The van der Waals surface area contributed by atoms with E-state index >= 15 is 0 Å². The lowest BCUT2D eigenvalue weighted by Gasteiger charge is -1.89. The Kier molecular flexibility index (Phi) is 1.87. The van der Waals surface area contributed by atoms with Crippen LogP contribution in [0.1, 0.15) is 18.7 Å². The molecule has 1 N–H and O–H groups in total. The van der Waals surface area contributed by atoms with Crippen molar-refractivity contribution in [3.8, 4) is 0 Å². The van der Waals surface area contributed by atoms with Crippen molar-refractivity contribution in [1.82, 2.24) is 9.97 Å². The van der Waals surface area contributed by atoms with Crippen LogP contribution in [0.25, 0.3) is 11.0 Å². The zero-order valence-electron chi connectivity index (χ0n) is 7.76. The van der Waals surface area contributed by atoms with E-state index in [1.807, 2.05) is 12.1 Å². The fourth-order valence-corrected chi connectivity index (χ4v) is 2.09. The molecule has 0 aliphatic heterocycles. The van der Waals surface area contributed by atoms with Crippen LogP contribution < -0.4 is 0 Å². The normalized spacial score (nSPS) is 16.4. The third-order valence-electron chi connectivity index (χ3n) is 2.67. The number of nitrogens with one attached hydrogen (secondary N) is 1. The molecule has 1 aromatic carbocycles. The van der Waals surface area contributed by atoms with Crippen LogP contribution >= 0.6 is 15.9 Å². The zero-order chi connectivity index (χ0) is 9.54. The van der Waals surface area contributed by atoms with E-state index in [2.05, 4.69) is 32.0 Å². The number of imidazole rings is 1. The number of H-pyrrole nitrogens is 1. The van der Waals surface area contributed by atoms with Gasteiger partial charge < -0.3 is 4.98 Å². The van der Waals surface area contributed by atoms with E-state index < -0.39 is 0 Å². The van der Waals surface area contributed by atoms with Crippen molar-refractivity contribution in [2.75, 3.05) is 0 Å². The molecule has 0 spiro atoms. The molecular weight excluding hydrogens is 240 g/mol. The highest BCUT2D eigenvalue weighted by molar-refractivity contribution is 9.10. The molecule has 2 nitrogen and oxygen atoms in total. The number of benzene rings is 1. The first-order chi connectivity index (χ1) is 6.81. The summed E-state index contributed by atoms with van der Waals surface area (Å²) in [4.78, 5) is 7.92. The molecule has 0 unspecified atom stereocenters. The fraction of sp³-hybridized carbons (Fsp3) is 0.364. The van der Waals surface area contributed by atoms with Gasteiger partial charge in [-0.05, 0) is 37.0 Å². The summed E-state index contributed by atoms with van der Waals surface area (Å²) in [6.07, 6.45) is 3.87. The Morgan fingerprint density at radius 3 is 3.07 bits per heavy atom. The van der Waals surface area contributed by atoms with Crippen molar-refractivity contribution in [1.29, 1.82) is 0 Å². The number of aromatic amines is 1. The number of fused-ring (bicyclic) bond motifs is 1. The monoisotopic (exact) mass is 250 g/mol. The maximum atomic E-state index is 4.56. The van der Waals surface area contributed by atoms with Crippen molar-refractivity contribution in [3.05, 3.63) is 28.5 Å². The molecule has 1 aliphatic rings. The van der Waals surface area contributed by atoms with Gasteiger partial charge in [0.05, 0.1) is 11.0 Å². The van der Waals surface area contributed by atoms with Gasteiger partial charge in [0, 0.05) is 10.9 Å². The topological polar surface area (TPSA) is 28.7 Å². The average molecular weight is 251 g/mol. The first kappa shape index (κ1) is 8.48. The molecule has 1 aliphatic carbocycles. The molecule has 1 heterocycles. The van der Waals surface area contributed by atoms with E-state index in [9.17, 15) is 0 Å². The molecule has 0 radical (unpaired) electrons. The Hall–Kier alpha value is -0.830. The van der Waals surface area contributed by atoms with Crippen LogP contribution in [0.5, 0.6) is 0 Å². The van der Waals surface area contributed by atoms with Gasteiger partial charge in [-0.25, -0.2) is 4.98 Å².